The van der Waals surface area contributed by atoms with Gasteiger partial charge in [0.25, 0.3) is 0 Å². The molecule has 0 saturated carbocycles. The summed E-state index contributed by atoms with van der Waals surface area (Å²) >= 11 is 11.6. The van der Waals surface area contributed by atoms with E-state index in [1.807, 2.05) is 52.9 Å². The summed E-state index contributed by atoms with van der Waals surface area (Å²) in [5.74, 6) is 2.32. The van der Waals surface area contributed by atoms with Crippen LogP contribution in [0.1, 0.15) is 37.6 Å². The van der Waals surface area contributed by atoms with Gasteiger partial charge in [-0.3, -0.25) is 0 Å². The first-order valence-electron chi connectivity index (χ1n) is 11.2. The fraction of sp³-hybridized carbons (Fsp3) is 0.440. The fourth-order valence-corrected chi connectivity index (χ4v) is 4.57. The number of hydrogen-bond acceptors (Lipinski definition) is 6. The third kappa shape index (κ3) is 7.31. The third-order valence-electron chi connectivity index (χ3n) is 5.73. The molecule has 0 aliphatic rings. The maximum Gasteiger partial charge on any atom is 0.133 e. The van der Waals surface area contributed by atoms with Gasteiger partial charge in [-0.15, -0.1) is 16.7 Å². The summed E-state index contributed by atoms with van der Waals surface area (Å²) in [5, 5.41) is 27.4. The molecule has 2 atom stereocenters. The Balaban J connectivity index is 1.60. The molecular weight excluding hydrogens is 649 g/mol. The smallest absolute Gasteiger partial charge is 0.133 e. The van der Waals surface area contributed by atoms with Gasteiger partial charge in [0, 0.05) is 17.2 Å². The standard InChI is InChI=1S/C25H30BrClIN3O4/c1-16(11-27)14-35-23-9-6-18(10-21(23)26)25(2,3)17-4-7-20(8-5-17)34-15-19(33)12-31-24(28)22(13-32)29-30-31/h4-10,16,19,32-33H,11-15H2,1-3H3/t16-,19+/m0/s1. The molecule has 35 heavy (non-hydrogen) atoms. The summed E-state index contributed by atoms with van der Waals surface area (Å²) in [6.45, 7) is 7.13. The van der Waals surface area contributed by atoms with E-state index < -0.39 is 6.10 Å². The molecule has 7 nitrogen and oxygen atoms in total. The second-order valence-electron chi connectivity index (χ2n) is 9.00. The van der Waals surface area contributed by atoms with Crippen molar-refractivity contribution in [3.05, 3.63) is 67.5 Å². The monoisotopic (exact) mass is 677 g/mol. The van der Waals surface area contributed by atoms with E-state index in [1.54, 1.807) is 4.68 Å². The molecule has 1 heterocycles. The van der Waals surface area contributed by atoms with Crippen LogP contribution in [0.3, 0.4) is 0 Å². The lowest BCUT2D eigenvalue weighted by Gasteiger charge is -2.27. The normalized spacial score (nSPS) is 13.5. The van der Waals surface area contributed by atoms with Crippen LogP contribution in [0.15, 0.2) is 46.9 Å². The van der Waals surface area contributed by atoms with Crippen LogP contribution in [0.2, 0.25) is 0 Å². The number of aromatic nitrogens is 3. The van der Waals surface area contributed by atoms with Crippen LogP contribution in [0.4, 0.5) is 0 Å². The zero-order chi connectivity index (χ0) is 25.6. The van der Waals surface area contributed by atoms with Gasteiger partial charge in [0.2, 0.25) is 0 Å². The van der Waals surface area contributed by atoms with E-state index in [2.05, 4.69) is 59.1 Å². The molecule has 0 bridgehead atoms. The molecule has 10 heteroatoms. The van der Waals surface area contributed by atoms with E-state index in [4.69, 9.17) is 21.1 Å². The molecule has 0 saturated heterocycles. The first-order chi connectivity index (χ1) is 16.6. The van der Waals surface area contributed by atoms with Crippen molar-refractivity contribution < 1.29 is 19.7 Å². The Bertz CT molecular complexity index is 1110. The lowest BCUT2D eigenvalue weighted by atomic mass is 9.78. The predicted molar refractivity (Wildman–Crippen MR) is 148 cm³/mol. The highest BCUT2D eigenvalue weighted by molar-refractivity contribution is 14.1. The summed E-state index contributed by atoms with van der Waals surface area (Å²) in [5.41, 5.74) is 2.54. The number of hydrogen-bond donors (Lipinski definition) is 2. The van der Waals surface area contributed by atoms with Crippen molar-refractivity contribution in [2.45, 2.75) is 45.4 Å². The van der Waals surface area contributed by atoms with Crippen molar-refractivity contribution in [3.8, 4) is 11.5 Å². The van der Waals surface area contributed by atoms with E-state index in [9.17, 15) is 10.2 Å². The number of nitrogens with zero attached hydrogens (tertiary/aromatic N) is 3. The molecule has 2 aromatic carbocycles. The van der Waals surface area contributed by atoms with Gasteiger partial charge in [-0.1, -0.05) is 44.2 Å². The number of aliphatic hydroxyl groups excluding tert-OH is 2. The van der Waals surface area contributed by atoms with Gasteiger partial charge in [0.05, 0.1) is 24.2 Å². The second-order valence-corrected chi connectivity index (χ2v) is 11.2. The van der Waals surface area contributed by atoms with Crippen LogP contribution in [0, 0.1) is 9.62 Å². The Morgan fingerprint density at radius 3 is 2.40 bits per heavy atom. The van der Waals surface area contributed by atoms with Crippen molar-refractivity contribution >= 4 is 50.1 Å². The summed E-state index contributed by atoms with van der Waals surface area (Å²) in [6.07, 6.45) is -0.765. The van der Waals surface area contributed by atoms with Crippen LogP contribution in [-0.2, 0) is 18.6 Å². The minimum Gasteiger partial charge on any atom is -0.492 e. The van der Waals surface area contributed by atoms with Gasteiger partial charge >= 0.3 is 0 Å². The molecule has 3 aromatic rings. The van der Waals surface area contributed by atoms with Gasteiger partial charge < -0.3 is 19.7 Å². The van der Waals surface area contributed by atoms with Gasteiger partial charge in [-0.2, -0.15) is 0 Å². The Hall–Kier alpha value is -1.40. The largest absolute Gasteiger partial charge is 0.492 e. The fourth-order valence-electron chi connectivity index (χ4n) is 3.41. The van der Waals surface area contributed by atoms with Crippen LogP contribution in [0.5, 0.6) is 11.5 Å². The van der Waals surface area contributed by atoms with Crippen molar-refractivity contribution in [1.82, 2.24) is 15.0 Å². The highest BCUT2D eigenvalue weighted by Crippen LogP contribution is 2.36. The van der Waals surface area contributed by atoms with Gasteiger partial charge in [0.15, 0.2) is 0 Å². The molecule has 0 fully saturated rings. The number of aliphatic hydroxyl groups is 2. The average Bonchev–Trinajstić information content (AvgIpc) is 3.20. The molecule has 190 valence electrons. The van der Waals surface area contributed by atoms with E-state index in [1.165, 1.54) is 0 Å². The van der Waals surface area contributed by atoms with Crippen LogP contribution < -0.4 is 9.47 Å². The van der Waals surface area contributed by atoms with Crippen molar-refractivity contribution in [3.63, 3.8) is 0 Å². The van der Waals surface area contributed by atoms with E-state index >= 15 is 0 Å². The zero-order valence-corrected chi connectivity index (χ0v) is 24.4. The van der Waals surface area contributed by atoms with Crippen LogP contribution >= 0.6 is 50.1 Å². The van der Waals surface area contributed by atoms with Crippen molar-refractivity contribution in [2.24, 2.45) is 5.92 Å². The molecule has 0 aliphatic carbocycles. The van der Waals surface area contributed by atoms with Gasteiger partial charge in [-0.05, 0) is 73.9 Å². The van der Waals surface area contributed by atoms with E-state index in [-0.39, 0.29) is 31.1 Å². The first-order valence-corrected chi connectivity index (χ1v) is 13.6. The SMILES string of the molecule is C[C@@H](CCl)COc1ccc(C(C)(C)c2ccc(OC[C@H](O)Cn3nnc(CO)c3I)cc2)cc1Br. The lowest BCUT2D eigenvalue weighted by molar-refractivity contribution is 0.0881. The second kappa shape index (κ2) is 12.7. The topological polar surface area (TPSA) is 89.6 Å². The number of rotatable bonds is 12. The van der Waals surface area contributed by atoms with E-state index in [0.717, 1.165) is 21.3 Å². The Kier molecular flexibility index (Phi) is 10.2. The Labute approximate surface area is 233 Å². The molecular formula is C25H30BrClIN3O4. The molecule has 0 amide bonds. The molecule has 3 rings (SSSR count). The quantitative estimate of drug-likeness (QED) is 0.204. The van der Waals surface area contributed by atoms with Crippen molar-refractivity contribution in [2.75, 3.05) is 19.1 Å². The molecule has 1 aromatic heterocycles. The van der Waals surface area contributed by atoms with Crippen molar-refractivity contribution in [1.29, 1.82) is 0 Å². The van der Waals surface area contributed by atoms with Crippen LogP contribution in [-0.4, -0.2) is 50.4 Å². The molecule has 0 radical (unpaired) electrons. The minimum atomic E-state index is -0.765. The highest BCUT2D eigenvalue weighted by Gasteiger charge is 2.24. The first kappa shape index (κ1) is 28.2. The highest BCUT2D eigenvalue weighted by atomic mass is 127. The van der Waals surface area contributed by atoms with Gasteiger partial charge in [0.1, 0.15) is 33.6 Å². The molecule has 0 aliphatic heterocycles. The van der Waals surface area contributed by atoms with E-state index in [0.29, 0.717) is 27.6 Å². The number of ether oxygens (including phenoxy) is 2. The average molecular weight is 679 g/mol. The number of benzene rings is 2. The zero-order valence-electron chi connectivity index (χ0n) is 19.9. The summed E-state index contributed by atoms with van der Waals surface area (Å²) in [7, 11) is 0. The molecule has 0 unspecified atom stereocenters. The Morgan fingerprint density at radius 2 is 1.80 bits per heavy atom. The summed E-state index contributed by atoms with van der Waals surface area (Å²) in [4.78, 5) is 0. The predicted octanol–water partition coefficient (Wildman–Crippen LogP) is 5.16. The summed E-state index contributed by atoms with van der Waals surface area (Å²) < 4.78 is 14.8. The maximum atomic E-state index is 10.3. The minimum absolute atomic E-state index is 0.115. The number of alkyl halides is 1. The summed E-state index contributed by atoms with van der Waals surface area (Å²) in [6, 6.07) is 14.1. The lowest BCUT2D eigenvalue weighted by Crippen LogP contribution is -2.25. The maximum absolute atomic E-state index is 10.3. The third-order valence-corrected chi connectivity index (χ3v) is 8.06. The molecule has 0 spiro atoms. The Morgan fingerprint density at radius 1 is 1.11 bits per heavy atom. The van der Waals surface area contributed by atoms with Gasteiger partial charge in [-0.25, -0.2) is 4.68 Å². The number of halogens is 3. The molecule has 2 N–H and O–H groups in total. The van der Waals surface area contributed by atoms with Crippen LogP contribution in [0.25, 0.3) is 0 Å².